The van der Waals surface area contributed by atoms with Gasteiger partial charge in [0.15, 0.2) is 0 Å². The minimum Gasteiger partial charge on any atom is -0.497 e. The van der Waals surface area contributed by atoms with Crippen molar-refractivity contribution in [3.63, 3.8) is 0 Å². The van der Waals surface area contributed by atoms with Crippen molar-refractivity contribution in [2.45, 2.75) is 31.9 Å². The van der Waals surface area contributed by atoms with Gasteiger partial charge in [0.25, 0.3) is 0 Å². The average Bonchev–Trinajstić information content (AvgIpc) is 2.47. The molecule has 0 bridgehead atoms. The molecule has 4 nitrogen and oxygen atoms in total. The van der Waals surface area contributed by atoms with Gasteiger partial charge in [-0.15, -0.1) is 0 Å². The Morgan fingerprint density at radius 2 is 1.84 bits per heavy atom. The maximum Gasteiger partial charge on any atom is 0.123 e. The predicted octanol–water partition coefficient (Wildman–Crippen LogP) is 2.78. The maximum absolute atomic E-state index is 5.43. The van der Waals surface area contributed by atoms with Crippen molar-refractivity contribution in [3.8, 4) is 11.5 Å². The van der Waals surface area contributed by atoms with Gasteiger partial charge in [-0.2, -0.15) is 0 Å². The first kappa shape index (κ1) is 15.8. The summed E-state index contributed by atoms with van der Waals surface area (Å²) in [5.74, 6) is 1.72. The fourth-order valence-electron chi connectivity index (χ4n) is 2.09. The minimum absolute atomic E-state index is 0.225. The van der Waals surface area contributed by atoms with E-state index in [-0.39, 0.29) is 12.1 Å². The first-order valence-corrected chi connectivity index (χ1v) is 6.58. The molecule has 0 radical (unpaired) electrons. The lowest BCUT2D eigenvalue weighted by Crippen LogP contribution is -2.19. The molecular formula is C15H25NO3. The van der Waals surface area contributed by atoms with Crippen molar-refractivity contribution >= 4 is 0 Å². The van der Waals surface area contributed by atoms with Crippen LogP contribution in [-0.2, 0) is 4.74 Å². The van der Waals surface area contributed by atoms with Crippen LogP contribution in [0.4, 0.5) is 0 Å². The number of hydrogen-bond acceptors (Lipinski definition) is 4. The number of nitrogens with one attached hydrogen (secondary N) is 1. The van der Waals surface area contributed by atoms with Gasteiger partial charge in [-0.3, -0.25) is 0 Å². The number of ether oxygens (including phenoxy) is 3. The summed E-state index contributed by atoms with van der Waals surface area (Å²) >= 11 is 0. The van der Waals surface area contributed by atoms with Crippen LogP contribution in [0.3, 0.4) is 0 Å². The normalized spacial score (nSPS) is 13.9. The molecule has 0 heterocycles. The predicted molar refractivity (Wildman–Crippen MR) is 77.1 cm³/mol. The molecule has 1 rings (SSSR count). The van der Waals surface area contributed by atoms with E-state index < -0.39 is 0 Å². The second-order valence-corrected chi connectivity index (χ2v) is 4.57. The molecule has 108 valence electrons. The van der Waals surface area contributed by atoms with Gasteiger partial charge in [-0.05, 0) is 45.0 Å². The first-order chi connectivity index (χ1) is 9.15. The van der Waals surface area contributed by atoms with E-state index in [0.717, 1.165) is 29.9 Å². The average molecular weight is 267 g/mol. The fraction of sp³-hybridized carbons (Fsp3) is 0.600. The minimum atomic E-state index is 0.225. The van der Waals surface area contributed by atoms with Crippen LogP contribution in [-0.4, -0.2) is 34.5 Å². The second kappa shape index (κ2) is 8.02. The fourth-order valence-corrected chi connectivity index (χ4v) is 2.09. The molecule has 1 aromatic carbocycles. The van der Waals surface area contributed by atoms with E-state index in [1.807, 2.05) is 25.2 Å². The standard InChI is InChI=1S/C15H25NO3/c1-11(17-3)6-8-14(16-2)13-10-12(18-4)7-9-15(13)19-5/h7,9-11,14,16H,6,8H2,1-5H3. The number of rotatable bonds is 8. The summed E-state index contributed by atoms with van der Waals surface area (Å²) in [6.07, 6.45) is 2.23. The molecule has 0 spiro atoms. The summed E-state index contributed by atoms with van der Waals surface area (Å²) in [7, 11) is 7.06. The van der Waals surface area contributed by atoms with Gasteiger partial charge in [-0.25, -0.2) is 0 Å². The lowest BCUT2D eigenvalue weighted by Gasteiger charge is -2.21. The van der Waals surface area contributed by atoms with Crippen LogP contribution in [0.15, 0.2) is 18.2 Å². The van der Waals surface area contributed by atoms with Crippen LogP contribution >= 0.6 is 0 Å². The summed E-state index contributed by atoms with van der Waals surface area (Å²) in [6, 6.07) is 6.10. The molecule has 0 fully saturated rings. The van der Waals surface area contributed by atoms with Crippen LogP contribution in [0.5, 0.6) is 11.5 Å². The second-order valence-electron chi connectivity index (χ2n) is 4.57. The molecule has 2 atom stereocenters. The highest BCUT2D eigenvalue weighted by Crippen LogP contribution is 2.31. The van der Waals surface area contributed by atoms with Crippen LogP contribution in [0.2, 0.25) is 0 Å². The number of hydrogen-bond donors (Lipinski definition) is 1. The molecule has 0 saturated carbocycles. The van der Waals surface area contributed by atoms with Crippen LogP contribution in [0.25, 0.3) is 0 Å². The highest BCUT2D eigenvalue weighted by atomic mass is 16.5. The van der Waals surface area contributed by atoms with Crippen molar-refractivity contribution in [2.75, 3.05) is 28.4 Å². The third-order valence-electron chi connectivity index (χ3n) is 3.42. The molecule has 0 saturated heterocycles. The highest BCUT2D eigenvalue weighted by molar-refractivity contribution is 5.42. The van der Waals surface area contributed by atoms with E-state index in [0.29, 0.717) is 0 Å². The molecule has 1 N–H and O–H groups in total. The Hall–Kier alpha value is -1.26. The Kier molecular flexibility index (Phi) is 6.67. The van der Waals surface area contributed by atoms with Gasteiger partial charge in [0.1, 0.15) is 11.5 Å². The molecule has 0 amide bonds. The number of methoxy groups -OCH3 is 3. The summed E-state index contributed by atoms with van der Waals surface area (Å²) in [5, 5.41) is 3.33. The molecule has 2 unspecified atom stereocenters. The Morgan fingerprint density at radius 3 is 2.37 bits per heavy atom. The molecule has 0 aromatic heterocycles. The zero-order valence-electron chi connectivity index (χ0n) is 12.5. The van der Waals surface area contributed by atoms with Gasteiger partial charge in [-0.1, -0.05) is 0 Å². The maximum atomic E-state index is 5.43. The van der Waals surface area contributed by atoms with Crippen molar-refractivity contribution in [3.05, 3.63) is 23.8 Å². The van der Waals surface area contributed by atoms with Crippen molar-refractivity contribution < 1.29 is 14.2 Å². The van der Waals surface area contributed by atoms with Crippen LogP contribution in [0.1, 0.15) is 31.4 Å². The molecule has 4 heteroatoms. The van der Waals surface area contributed by atoms with E-state index in [2.05, 4.69) is 12.2 Å². The zero-order valence-corrected chi connectivity index (χ0v) is 12.5. The van der Waals surface area contributed by atoms with Crippen LogP contribution < -0.4 is 14.8 Å². The quantitative estimate of drug-likeness (QED) is 0.786. The summed E-state index contributed by atoms with van der Waals surface area (Å²) in [6.45, 7) is 2.08. The van der Waals surface area contributed by atoms with Gasteiger partial charge in [0.2, 0.25) is 0 Å². The summed E-state index contributed by atoms with van der Waals surface area (Å²) in [5.41, 5.74) is 1.12. The number of benzene rings is 1. The molecule has 19 heavy (non-hydrogen) atoms. The van der Waals surface area contributed by atoms with Crippen LogP contribution in [0, 0.1) is 0 Å². The monoisotopic (exact) mass is 267 g/mol. The Morgan fingerprint density at radius 1 is 1.11 bits per heavy atom. The van der Waals surface area contributed by atoms with Crippen molar-refractivity contribution in [1.82, 2.24) is 5.32 Å². The summed E-state index contributed by atoms with van der Waals surface area (Å²) in [4.78, 5) is 0. The Bertz CT molecular complexity index is 382. The third kappa shape index (κ3) is 4.40. The Labute approximate surface area is 116 Å². The lowest BCUT2D eigenvalue weighted by atomic mass is 9.99. The first-order valence-electron chi connectivity index (χ1n) is 6.58. The molecule has 0 aliphatic rings. The van der Waals surface area contributed by atoms with Gasteiger partial charge < -0.3 is 19.5 Å². The molecule has 0 aliphatic heterocycles. The third-order valence-corrected chi connectivity index (χ3v) is 3.42. The smallest absolute Gasteiger partial charge is 0.123 e. The van der Waals surface area contributed by atoms with E-state index in [1.165, 1.54) is 0 Å². The highest BCUT2D eigenvalue weighted by Gasteiger charge is 2.16. The van der Waals surface area contributed by atoms with E-state index in [1.54, 1.807) is 21.3 Å². The topological polar surface area (TPSA) is 39.7 Å². The molecule has 1 aromatic rings. The van der Waals surface area contributed by atoms with Gasteiger partial charge in [0.05, 0.1) is 20.3 Å². The van der Waals surface area contributed by atoms with Gasteiger partial charge >= 0.3 is 0 Å². The SMILES string of the molecule is CNC(CCC(C)OC)c1cc(OC)ccc1OC. The molecular weight excluding hydrogens is 242 g/mol. The van der Waals surface area contributed by atoms with Gasteiger partial charge in [0, 0.05) is 18.7 Å². The van der Waals surface area contributed by atoms with E-state index in [4.69, 9.17) is 14.2 Å². The van der Waals surface area contributed by atoms with Crippen molar-refractivity contribution in [1.29, 1.82) is 0 Å². The van der Waals surface area contributed by atoms with E-state index in [9.17, 15) is 0 Å². The van der Waals surface area contributed by atoms with E-state index >= 15 is 0 Å². The Balaban J connectivity index is 2.89. The largest absolute Gasteiger partial charge is 0.497 e. The zero-order chi connectivity index (χ0) is 14.3. The molecule has 0 aliphatic carbocycles. The lowest BCUT2D eigenvalue weighted by molar-refractivity contribution is 0.106. The summed E-state index contributed by atoms with van der Waals surface area (Å²) < 4.78 is 16.0. The van der Waals surface area contributed by atoms with Crippen molar-refractivity contribution in [2.24, 2.45) is 0 Å².